The summed E-state index contributed by atoms with van der Waals surface area (Å²) in [7, 11) is 0. The Hall–Kier alpha value is -1.99. The predicted molar refractivity (Wildman–Crippen MR) is 85.6 cm³/mol. The zero-order chi connectivity index (χ0) is 16.9. The molecule has 130 valence electrons. The molecule has 2 aliphatic rings. The van der Waals surface area contributed by atoms with Crippen molar-refractivity contribution in [3.05, 3.63) is 35.6 Å². The van der Waals surface area contributed by atoms with Crippen molar-refractivity contribution in [2.75, 3.05) is 39.4 Å². The molecular formula is C17H22FN3O3. The molecule has 0 bridgehead atoms. The van der Waals surface area contributed by atoms with Gasteiger partial charge in [-0.05, 0) is 17.7 Å². The Bertz CT molecular complexity index is 587. The zero-order valence-electron chi connectivity index (χ0n) is 13.5. The van der Waals surface area contributed by atoms with Crippen molar-refractivity contribution in [1.29, 1.82) is 0 Å². The van der Waals surface area contributed by atoms with E-state index >= 15 is 0 Å². The second kappa shape index (κ2) is 7.72. The number of benzene rings is 1. The number of piperazine rings is 1. The first-order valence-corrected chi connectivity index (χ1v) is 8.25. The van der Waals surface area contributed by atoms with Crippen LogP contribution in [0.5, 0.6) is 0 Å². The molecular weight excluding hydrogens is 313 g/mol. The molecule has 2 aliphatic heterocycles. The Morgan fingerprint density at radius 2 is 1.92 bits per heavy atom. The number of morpholine rings is 1. The van der Waals surface area contributed by atoms with Gasteiger partial charge in [0.1, 0.15) is 5.82 Å². The van der Waals surface area contributed by atoms with Crippen molar-refractivity contribution >= 4 is 11.8 Å². The van der Waals surface area contributed by atoms with Gasteiger partial charge in [0.2, 0.25) is 11.8 Å². The molecule has 1 atom stereocenters. The third-order valence-corrected chi connectivity index (χ3v) is 4.47. The van der Waals surface area contributed by atoms with E-state index in [0.29, 0.717) is 45.9 Å². The molecule has 24 heavy (non-hydrogen) atoms. The van der Waals surface area contributed by atoms with Gasteiger partial charge in [-0.2, -0.15) is 0 Å². The SMILES string of the molecule is O=C1NCCN(Cc2ccc(F)cc2)[C@H]1CC(=O)N1CCOCC1. The molecule has 7 heteroatoms. The van der Waals surface area contributed by atoms with Crippen LogP contribution in [-0.2, 0) is 20.9 Å². The molecule has 0 unspecified atom stereocenters. The fourth-order valence-electron chi connectivity index (χ4n) is 3.10. The molecule has 2 amide bonds. The minimum Gasteiger partial charge on any atom is -0.378 e. The van der Waals surface area contributed by atoms with Crippen LogP contribution in [0.3, 0.4) is 0 Å². The third-order valence-electron chi connectivity index (χ3n) is 4.47. The van der Waals surface area contributed by atoms with Crippen molar-refractivity contribution in [3.8, 4) is 0 Å². The largest absolute Gasteiger partial charge is 0.378 e. The molecule has 1 aromatic carbocycles. The minimum atomic E-state index is -0.487. The van der Waals surface area contributed by atoms with Crippen LogP contribution in [0.25, 0.3) is 0 Å². The van der Waals surface area contributed by atoms with Gasteiger partial charge in [-0.15, -0.1) is 0 Å². The molecule has 0 spiro atoms. The first-order valence-electron chi connectivity index (χ1n) is 8.25. The van der Waals surface area contributed by atoms with Crippen LogP contribution in [-0.4, -0.2) is 67.0 Å². The highest BCUT2D eigenvalue weighted by Gasteiger charge is 2.33. The Morgan fingerprint density at radius 1 is 1.21 bits per heavy atom. The molecule has 0 aliphatic carbocycles. The summed E-state index contributed by atoms with van der Waals surface area (Å²) in [6.07, 6.45) is 0.160. The van der Waals surface area contributed by atoms with E-state index in [-0.39, 0.29) is 24.1 Å². The number of amides is 2. The monoisotopic (exact) mass is 335 g/mol. The Balaban J connectivity index is 1.66. The second-order valence-electron chi connectivity index (χ2n) is 6.10. The lowest BCUT2D eigenvalue weighted by Gasteiger charge is -2.36. The first-order chi connectivity index (χ1) is 11.6. The number of halogens is 1. The van der Waals surface area contributed by atoms with Crippen LogP contribution >= 0.6 is 0 Å². The molecule has 3 rings (SSSR count). The molecule has 2 heterocycles. The summed E-state index contributed by atoms with van der Waals surface area (Å²) in [6, 6.07) is 5.76. The van der Waals surface area contributed by atoms with Gasteiger partial charge < -0.3 is 15.0 Å². The lowest BCUT2D eigenvalue weighted by molar-refractivity contribution is -0.141. The maximum atomic E-state index is 13.0. The van der Waals surface area contributed by atoms with E-state index in [1.807, 2.05) is 4.90 Å². The number of ether oxygens (including phenoxy) is 1. The first kappa shape index (κ1) is 16.9. The van der Waals surface area contributed by atoms with Crippen LogP contribution < -0.4 is 5.32 Å². The van der Waals surface area contributed by atoms with Crippen molar-refractivity contribution in [3.63, 3.8) is 0 Å². The number of nitrogens with zero attached hydrogens (tertiary/aromatic N) is 2. The molecule has 2 saturated heterocycles. The van der Waals surface area contributed by atoms with Gasteiger partial charge in [-0.1, -0.05) is 12.1 Å². The van der Waals surface area contributed by atoms with Gasteiger partial charge in [0.25, 0.3) is 0 Å². The van der Waals surface area contributed by atoms with Gasteiger partial charge in [0.05, 0.1) is 25.7 Å². The van der Waals surface area contributed by atoms with Gasteiger partial charge in [-0.25, -0.2) is 4.39 Å². The number of carbonyl (C=O) groups is 2. The minimum absolute atomic E-state index is 0.0237. The fourth-order valence-corrected chi connectivity index (χ4v) is 3.10. The van der Waals surface area contributed by atoms with Crippen molar-refractivity contribution < 1.29 is 18.7 Å². The van der Waals surface area contributed by atoms with Crippen molar-refractivity contribution in [2.45, 2.75) is 19.0 Å². The van der Waals surface area contributed by atoms with E-state index in [1.165, 1.54) is 12.1 Å². The highest BCUT2D eigenvalue weighted by Crippen LogP contribution is 2.16. The normalized spacial score (nSPS) is 22.3. The van der Waals surface area contributed by atoms with Gasteiger partial charge in [0, 0.05) is 32.7 Å². The van der Waals surface area contributed by atoms with E-state index < -0.39 is 6.04 Å². The van der Waals surface area contributed by atoms with Gasteiger partial charge in [-0.3, -0.25) is 14.5 Å². The summed E-state index contributed by atoms with van der Waals surface area (Å²) in [4.78, 5) is 28.5. The summed E-state index contributed by atoms with van der Waals surface area (Å²) in [5, 5.41) is 2.83. The zero-order valence-corrected chi connectivity index (χ0v) is 13.5. The number of nitrogens with one attached hydrogen (secondary N) is 1. The van der Waals surface area contributed by atoms with E-state index in [9.17, 15) is 14.0 Å². The van der Waals surface area contributed by atoms with E-state index in [1.54, 1.807) is 17.0 Å². The second-order valence-corrected chi connectivity index (χ2v) is 6.10. The molecule has 1 N–H and O–H groups in total. The lowest BCUT2D eigenvalue weighted by atomic mass is 10.1. The standard InChI is InChI=1S/C17H22FN3O3/c18-14-3-1-13(2-4-14)12-21-6-5-19-17(23)15(21)11-16(22)20-7-9-24-10-8-20/h1-4,15H,5-12H2,(H,19,23)/t15-/m0/s1. The topological polar surface area (TPSA) is 61.9 Å². The highest BCUT2D eigenvalue weighted by atomic mass is 19.1. The van der Waals surface area contributed by atoms with Crippen LogP contribution in [0.2, 0.25) is 0 Å². The quantitative estimate of drug-likeness (QED) is 0.864. The summed E-state index contributed by atoms with van der Waals surface area (Å²) in [5.74, 6) is -0.427. The maximum Gasteiger partial charge on any atom is 0.237 e. The number of hydrogen-bond donors (Lipinski definition) is 1. The lowest BCUT2D eigenvalue weighted by Crippen LogP contribution is -2.56. The number of hydrogen-bond acceptors (Lipinski definition) is 4. The van der Waals surface area contributed by atoms with E-state index in [4.69, 9.17) is 4.74 Å². The Labute approximate surface area is 140 Å². The van der Waals surface area contributed by atoms with Crippen molar-refractivity contribution in [1.82, 2.24) is 15.1 Å². The van der Waals surface area contributed by atoms with Gasteiger partial charge >= 0.3 is 0 Å². The highest BCUT2D eigenvalue weighted by molar-refractivity contribution is 5.88. The maximum absolute atomic E-state index is 13.0. The average Bonchev–Trinajstić information content (AvgIpc) is 2.60. The molecule has 6 nitrogen and oxygen atoms in total. The van der Waals surface area contributed by atoms with E-state index in [2.05, 4.69) is 5.32 Å². The fraction of sp³-hybridized carbons (Fsp3) is 0.529. The predicted octanol–water partition coefficient (Wildman–Crippen LogP) is 0.375. The summed E-state index contributed by atoms with van der Waals surface area (Å²) in [5.41, 5.74) is 0.926. The molecule has 1 aromatic rings. The molecule has 2 fully saturated rings. The Kier molecular flexibility index (Phi) is 5.42. The van der Waals surface area contributed by atoms with Gasteiger partial charge in [0.15, 0.2) is 0 Å². The third kappa shape index (κ3) is 4.10. The van der Waals surface area contributed by atoms with Crippen LogP contribution in [0.15, 0.2) is 24.3 Å². The molecule has 0 radical (unpaired) electrons. The molecule has 0 saturated carbocycles. The van der Waals surface area contributed by atoms with Crippen LogP contribution in [0.4, 0.5) is 4.39 Å². The number of rotatable bonds is 4. The smallest absolute Gasteiger partial charge is 0.237 e. The average molecular weight is 335 g/mol. The Morgan fingerprint density at radius 3 is 2.62 bits per heavy atom. The van der Waals surface area contributed by atoms with Crippen LogP contribution in [0, 0.1) is 5.82 Å². The number of carbonyl (C=O) groups excluding carboxylic acids is 2. The van der Waals surface area contributed by atoms with Crippen molar-refractivity contribution in [2.24, 2.45) is 0 Å². The van der Waals surface area contributed by atoms with Crippen LogP contribution in [0.1, 0.15) is 12.0 Å². The van der Waals surface area contributed by atoms with E-state index in [0.717, 1.165) is 5.56 Å². The summed E-state index contributed by atoms with van der Waals surface area (Å²) in [6.45, 7) is 3.99. The summed E-state index contributed by atoms with van der Waals surface area (Å²) < 4.78 is 18.3. The summed E-state index contributed by atoms with van der Waals surface area (Å²) >= 11 is 0. The molecule has 0 aromatic heterocycles.